The average molecular weight is 333 g/mol. The van der Waals surface area contributed by atoms with E-state index in [0.717, 1.165) is 30.6 Å². The first-order valence-electron chi connectivity index (χ1n) is 8.87. The smallest absolute Gasteiger partial charge is 0.226 e. The van der Waals surface area contributed by atoms with Crippen molar-refractivity contribution in [3.8, 4) is 0 Å². The van der Waals surface area contributed by atoms with Crippen molar-refractivity contribution < 1.29 is 4.79 Å². The highest BCUT2D eigenvalue weighted by molar-refractivity contribution is 5.79. The van der Waals surface area contributed by atoms with E-state index >= 15 is 0 Å². The third kappa shape index (κ3) is 3.04. The number of imidazole rings is 1. The van der Waals surface area contributed by atoms with Gasteiger partial charge in [0.15, 0.2) is 0 Å². The van der Waals surface area contributed by atoms with Gasteiger partial charge in [-0.15, -0.1) is 0 Å². The van der Waals surface area contributed by atoms with E-state index in [1.54, 1.807) is 0 Å². The van der Waals surface area contributed by atoms with Gasteiger partial charge in [0, 0.05) is 37.8 Å². The summed E-state index contributed by atoms with van der Waals surface area (Å²) in [6.45, 7) is 2.75. The molecular formula is C21H23N3O. The summed E-state index contributed by atoms with van der Waals surface area (Å²) in [5.41, 5.74) is 5.72. The van der Waals surface area contributed by atoms with Gasteiger partial charge in [0.05, 0.1) is 5.69 Å². The van der Waals surface area contributed by atoms with Crippen molar-refractivity contribution in [3.63, 3.8) is 0 Å². The number of nitrogens with zero attached hydrogens (tertiary/aromatic N) is 3. The molecule has 3 aromatic rings. The summed E-state index contributed by atoms with van der Waals surface area (Å²) in [6.07, 6.45) is 4.67. The van der Waals surface area contributed by atoms with Crippen molar-refractivity contribution in [2.75, 3.05) is 7.05 Å². The van der Waals surface area contributed by atoms with Crippen LogP contribution in [-0.2, 0) is 24.2 Å². The van der Waals surface area contributed by atoms with Crippen LogP contribution in [0.4, 0.5) is 0 Å². The summed E-state index contributed by atoms with van der Waals surface area (Å²) in [7, 11) is 1.91. The fourth-order valence-electron chi connectivity index (χ4n) is 3.77. The number of benzene rings is 1. The van der Waals surface area contributed by atoms with Crippen molar-refractivity contribution in [2.24, 2.45) is 5.92 Å². The van der Waals surface area contributed by atoms with Gasteiger partial charge in [0.25, 0.3) is 0 Å². The van der Waals surface area contributed by atoms with Crippen molar-refractivity contribution in [1.82, 2.24) is 14.3 Å². The Labute approximate surface area is 148 Å². The van der Waals surface area contributed by atoms with Gasteiger partial charge in [-0.05, 0) is 37.0 Å². The Kier molecular flexibility index (Phi) is 4.04. The van der Waals surface area contributed by atoms with Crippen LogP contribution in [0, 0.1) is 12.8 Å². The molecule has 0 aliphatic heterocycles. The molecule has 0 spiro atoms. The number of rotatable bonds is 3. The van der Waals surface area contributed by atoms with E-state index in [2.05, 4.69) is 41.8 Å². The molecule has 1 aliphatic carbocycles. The molecular weight excluding hydrogens is 310 g/mol. The third-order valence-electron chi connectivity index (χ3n) is 5.11. The van der Waals surface area contributed by atoms with Gasteiger partial charge in [0.2, 0.25) is 5.91 Å². The monoisotopic (exact) mass is 333 g/mol. The highest BCUT2D eigenvalue weighted by Gasteiger charge is 2.29. The van der Waals surface area contributed by atoms with Crippen LogP contribution >= 0.6 is 0 Å². The summed E-state index contributed by atoms with van der Waals surface area (Å²) >= 11 is 0. The second-order valence-corrected chi connectivity index (χ2v) is 7.06. The van der Waals surface area contributed by atoms with Crippen molar-refractivity contribution >= 4 is 11.6 Å². The second-order valence-electron chi connectivity index (χ2n) is 7.06. The first-order valence-corrected chi connectivity index (χ1v) is 8.87. The maximum atomic E-state index is 12.9. The molecule has 4 rings (SSSR count). The van der Waals surface area contributed by atoms with Crippen LogP contribution in [-0.4, -0.2) is 27.2 Å². The molecule has 0 bridgehead atoms. The Morgan fingerprint density at radius 2 is 2.04 bits per heavy atom. The normalized spacial score (nSPS) is 16.6. The molecule has 0 N–H and O–H groups in total. The van der Waals surface area contributed by atoms with Crippen molar-refractivity contribution in [3.05, 3.63) is 71.2 Å². The second kappa shape index (κ2) is 6.36. The van der Waals surface area contributed by atoms with Crippen LogP contribution in [0.15, 0.2) is 48.7 Å². The number of hydrogen-bond acceptors (Lipinski definition) is 2. The van der Waals surface area contributed by atoms with Gasteiger partial charge in [-0.3, -0.25) is 4.79 Å². The number of pyridine rings is 1. The third-order valence-corrected chi connectivity index (χ3v) is 5.11. The van der Waals surface area contributed by atoms with E-state index in [1.807, 2.05) is 30.1 Å². The number of carbonyl (C=O) groups is 1. The highest BCUT2D eigenvalue weighted by Crippen LogP contribution is 2.28. The molecule has 1 unspecified atom stereocenters. The molecule has 4 nitrogen and oxygen atoms in total. The maximum absolute atomic E-state index is 12.9. The standard InChI is InChI=1S/C21H23N3O/c1-15-8-11-20-22-18-10-9-17(12-19(18)24(20)13-15)21(25)23(2)14-16-6-4-3-5-7-16/h3-8,11,13,17H,9-10,12,14H2,1-2H3. The Hall–Kier alpha value is -2.62. The minimum Gasteiger partial charge on any atom is -0.341 e. The summed E-state index contributed by atoms with van der Waals surface area (Å²) in [5, 5.41) is 0. The lowest BCUT2D eigenvalue weighted by atomic mass is 9.88. The largest absolute Gasteiger partial charge is 0.341 e. The minimum absolute atomic E-state index is 0.0432. The van der Waals surface area contributed by atoms with E-state index < -0.39 is 0 Å². The SMILES string of the molecule is Cc1ccc2nc3c(n2c1)CC(C(=O)N(C)Cc1ccccc1)CC3. The molecule has 4 heteroatoms. The lowest BCUT2D eigenvalue weighted by molar-refractivity contribution is -0.135. The number of aromatic nitrogens is 2. The minimum atomic E-state index is 0.0432. The number of hydrogen-bond donors (Lipinski definition) is 0. The van der Waals surface area contributed by atoms with Crippen molar-refractivity contribution in [1.29, 1.82) is 0 Å². The highest BCUT2D eigenvalue weighted by atomic mass is 16.2. The van der Waals surface area contributed by atoms with Crippen LogP contribution in [0.25, 0.3) is 5.65 Å². The zero-order chi connectivity index (χ0) is 17.4. The van der Waals surface area contributed by atoms with Crippen LogP contribution in [0.5, 0.6) is 0 Å². The Balaban J connectivity index is 1.54. The number of carbonyl (C=O) groups excluding carboxylic acids is 1. The zero-order valence-corrected chi connectivity index (χ0v) is 14.8. The molecule has 2 heterocycles. The van der Waals surface area contributed by atoms with E-state index in [9.17, 15) is 4.79 Å². The Bertz CT molecular complexity index is 914. The number of fused-ring (bicyclic) bond motifs is 3. The Morgan fingerprint density at radius 3 is 2.84 bits per heavy atom. The van der Waals surface area contributed by atoms with Gasteiger partial charge in [-0.2, -0.15) is 0 Å². The summed E-state index contributed by atoms with van der Waals surface area (Å²) < 4.78 is 2.17. The van der Waals surface area contributed by atoms with Gasteiger partial charge in [-0.25, -0.2) is 4.98 Å². The fraction of sp³-hybridized carbons (Fsp3) is 0.333. The van der Waals surface area contributed by atoms with Crippen molar-refractivity contribution in [2.45, 2.75) is 32.7 Å². The van der Waals surface area contributed by atoms with E-state index in [4.69, 9.17) is 4.98 Å². The molecule has 0 saturated carbocycles. The van der Waals surface area contributed by atoms with Gasteiger partial charge in [0.1, 0.15) is 5.65 Å². The zero-order valence-electron chi connectivity index (χ0n) is 14.8. The van der Waals surface area contributed by atoms with Gasteiger partial charge in [-0.1, -0.05) is 36.4 Å². The van der Waals surface area contributed by atoms with E-state index in [-0.39, 0.29) is 11.8 Å². The molecule has 0 saturated heterocycles. The number of amides is 1. The van der Waals surface area contributed by atoms with E-state index in [0.29, 0.717) is 6.54 Å². The van der Waals surface area contributed by atoms with Crippen LogP contribution in [0.2, 0.25) is 0 Å². The van der Waals surface area contributed by atoms with Gasteiger partial charge >= 0.3 is 0 Å². The molecule has 0 radical (unpaired) electrons. The van der Waals surface area contributed by atoms with Crippen LogP contribution in [0.3, 0.4) is 0 Å². The maximum Gasteiger partial charge on any atom is 0.226 e. The molecule has 1 amide bonds. The molecule has 25 heavy (non-hydrogen) atoms. The summed E-state index contributed by atoms with van der Waals surface area (Å²) in [4.78, 5) is 19.5. The first kappa shape index (κ1) is 15.9. The lowest BCUT2D eigenvalue weighted by Crippen LogP contribution is -2.35. The molecule has 1 aromatic carbocycles. The molecule has 0 fully saturated rings. The lowest BCUT2D eigenvalue weighted by Gasteiger charge is -2.26. The number of aryl methyl sites for hydroxylation is 2. The Morgan fingerprint density at radius 1 is 1.24 bits per heavy atom. The van der Waals surface area contributed by atoms with Crippen LogP contribution in [0.1, 0.15) is 28.9 Å². The van der Waals surface area contributed by atoms with E-state index in [1.165, 1.54) is 16.8 Å². The summed E-state index contributed by atoms with van der Waals surface area (Å²) in [6, 6.07) is 14.3. The molecule has 128 valence electrons. The topological polar surface area (TPSA) is 37.6 Å². The first-order chi connectivity index (χ1) is 12.1. The van der Waals surface area contributed by atoms with Gasteiger partial charge < -0.3 is 9.30 Å². The average Bonchev–Trinajstić information content (AvgIpc) is 2.99. The molecule has 1 atom stereocenters. The predicted molar refractivity (Wildman–Crippen MR) is 98.4 cm³/mol. The van der Waals surface area contributed by atoms with Crippen LogP contribution < -0.4 is 0 Å². The predicted octanol–water partition coefficient (Wildman–Crippen LogP) is 3.41. The molecule has 2 aromatic heterocycles. The fourth-order valence-corrected chi connectivity index (χ4v) is 3.77. The molecule has 1 aliphatic rings. The quantitative estimate of drug-likeness (QED) is 0.737. The summed E-state index contributed by atoms with van der Waals surface area (Å²) in [5.74, 6) is 0.277.